The van der Waals surface area contributed by atoms with Crippen molar-refractivity contribution in [1.82, 2.24) is 16.0 Å². The van der Waals surface area contributed by atoms with Crippen molar-refractivity contribution in [3.63, 3.8) is 0 Å². The summed E-state index contributed by atoms with van der Waals surface area (Å²) in [7, 11) is 0. The zero-order chi connectivity index (χ0) is 23.1. The molecular formula is C17H33N9O4. The molecule has 13 nitrogen and oxygen atoms in total. The molecule has 0 fully saturated rings. The zero-order valence-electron chi connectivity index (χ0n) is 17.4. The molecule has 0 aliphatic rings. The largest absolute Gasteiger partial charge is 0.370 e. The van der Waals surface area contributed by atoms with E-state index in [4.69, 9.17) is 22.9 Å². The highest BCUT2D eigenvalue weighted by Gasteiger charge is 2.24. The third-order valence-corrected chi connectivity index (χ3v) is 3.85. The predicted molar refractivity (Wildman–Crippen MR) is 113 cm³/mol. The van der Waals surface area contributed by atoms with Crippen LogP contribution in [0.4, 0.5) is 0 Å². The number of carbonyl (C=O) groups is 4. The van der Waals surface area contributed by atoms with E-state index in [9.17, 15) is 19.2 Å². The minimum atomic E-state index is -0.924. The molecule has 30 heavy (non-hydrogen) atoms. The van der Waals surface area contributed by atoms with Crippen LogP contribution in [0.25, 0.3) is 0 Å². The Kier molecular flexibility index (Phi) is 13.0. The summed E-state index contributed by atoms with van der Waals surface area (Å²) in [5.74, 6) is -1.58. The molecule has 0 aromatic carbocycles. The Labute approximate surface area is 175 Å². The average molecular weight is 428 g/mol. The number of hydrogen-bond acceptors (Lipinski definition) is 6. The third-order valence-electron chi connectivity index (χ3n) is 3.85. The van der Waals surface area contributed by atoms with Crippen molar-refractivity contribution in [1.29, 1.82) is 0 Å². The molecule has 0 saturated carbocycles. The number of hydrogen-bond donors (Lipinski definition) is 7. The highest BCUT2D eigenvalue weighted by molar-refractivity contribution is 5.92. The summed E-state index contributed by atoms with van der Waals surface area (Å²) < 4.78 is 0. The number of nitrogens with two attached hydrogens (primary N) is 4. The van der Waals surface area contributed by atoms with Gasteiger partial charge in [-0.1, -0.05) is 0 Å². The number of aldehydes is 1. The summed E-state index contributed by atoms with van der Waals surface area (Å²) in [6, 6.07) is -2.52. The fraction of sp³-hybridized carbons (Fsp3) is 0.647. The van der Waals surface area contributed by atoms with Crippen molar-refractivity contribution < 1.29 is 19.2 Å². The van der Waals surface area contributed by atoms with Gasteiger partial charge in [0.2, 0.25) is 17.7 Å². The number of amides is 3. The van der Waals surface area contributed by atoms with E-state index in [2.05, 4.69) is 25.9 Å². The molecule has 3 atom stereocenters. The van der Waals surface area contributed by atoms with Crippen molar-refractivity contribution in [2.75, 3.05) is 13.1 Å². The smallest absolute Gasteiger partial charge is 0.243 e. The van der Waals surface area contributed by atoms with E-state index in [1.807, 2.05) is 0 Å². The Balaban J connectivity index is 4.68. The van der Waals surface area contributed by atoms with Gasteiger partial charge in [-0.05, 0) is 32.6 Å². The maximum atomic E-state index is 12.5. The summed E-state index contributed by atoms with van der Waals surface area (Å²) in [6.07, 6.45) is 2.15. The Morgan fingerprint density at radius 3 is 1.87 bits per heavy atom. The topological polar surface area (TPSA) is 233 Å². The Morgan fingerprint density at radius 2 is 1.40 bits per heavy atom. The lowest BCUT2D eigenvalue weighted by molar-refractivity contribution is -0.132. The molecule has 0 radical (unpaired) electrons. The van der Waals surface area contributed by atoms with E-state index in [1.54, 1.807) is 0 Å². The highest BCUT2D eigenvalue weighted by atomic mass is 16.2. The van der Waals surface area contributed by atoms with Gasteiger partial charge in [-0.2, -0.15) is 0 Å². The van der Waals surface area contributed by atoms with E-state index in [0.29, 0.717) is 38.6 Å². The molecule has 0 saturated heterocycles. The number of aliphatic imine (C=N–C) groups is 2. The molecule has 170 valence electrons. The minimum Gasteiger partial charge on any atom is -0.370 e. The van der Waals surface area contributed by atoms with Gasteiger partial charge in [0, 0.05) is 20.0 Å². The molecular weight excluding hydrogens is 394 g/mol. The highest BCUT2D eigenvalue weighted by Crippen LogP contribution is 2.01. The van der Waals surface area contributed by atoms with Gasteiger partial charge in [0.05, 0.1) is 6.04 Å². The standard InChI is InChI=1S/C17H33N9O4/c1-10(14(29)26-12(9-27)5-3-7-22-16(18)19)24-15(30)13(25-11(2)28)6-4-8-23-17(20)21/h9-10,12-13H,3-8H2,1-2H3,(H,24,30)(H,25,28)(H,26,29)(H4,18,19,22)(H4,20,21,23)/t10?,12-,13+/m0/s1. The number of carbonyl (C=O) groups excluding carboxylic acids is 4. The summed E-state index contributed by atoms with van der Waals surface area (Å²) in [5, 5.41) is 7.59. The van der Waals surface area contributed by atoms with E-state index in [-0.39, 0.29) is 18.3 Å². The molecule has 11 N–H and O–H groups in total. The monoisotopic (exact) mass is 427 g/mol. The lowest BCUT2D eigenvalue weighted by Crippen LogP contribution is -2.53. The number of nitrogens with one attached hydrogen (secondary N) is 3. The Hall–Kier alpha value is -3.38. The van der Waals surface area contributed by atoms with Gasteiger partial charge in [-0.25, -0.2) is 0 Å². The number of guanidine groups is 2. The summed E-state index contributed by atoms with van der Waals surface area (Å²) in [4.78, 5) is 54.9. The second-order valence-corrected chi connectivity index (χ2v) is 6.63. The number of rotatable bonds is 14. The molecule has 0 aromatic rings. The van der Waals surface area contributed by atoms with Crippen molar-refractivity contribution >= 4 is 35.9 Å². The van der Waals surface area contributed by atoms with E-state index >= 15 is 0 Å². The lowest BCUT2D eigenvalue weighted by atomic mass is 10.1. The van der Waals surface area contributed by atoms with Crippen LogP contribution >= 0.6 is 0 Å². The van der Waals surface area contributed by atoms with Crippen LogP contribution in [-0.2, 0) is 19.2 Å². The predicted octanol–water partition coefficient (Wildman–Crippen LogP) is -3.21. The summed E-state index contributed by atoms with van der Waals surface area (Å²) in [5.41, 5.74) is 20.9. The zero-order valence-corrected chi connectivity index (χ0v) is 17.4. The van der Waals surface area contributed by atoms with Gasteiger partial charge in [0.15, 0.2) is 11.9 Å². The first-order valence-corrected chi connectivity index (χ1v) is 9.50. The first kappa shape index (κ1) is 26.6. The molecule has 0 aromatic heterocycles. The van der Waals surface area contributed by atoms with Gasteiger partial charge in [-0.3, -0.25) is 24.4 Å². The van der Waals surface area contributed by atoms with Crippen LogP contribution in [0, 0.1) is 0 Å². The van der Waals surface area contributed by atoms with Gasteiger partial charge < -0.3 is 43.7 Å². The molecule has 0 heterocycles. The normalized spacial score (nSPS) is 13.1. The molecule has 0 aliphatic heterocycles. The van der Waals surface area contributed by atoms with Crippen LogP contribution in [0.3, 0.4) is 0 Å². The summed E-state index contributed by atoms with van der Waals surface area (Å²) >= 11 is 0. The van der Waals surface area contributed by atoms with Crippen molar-refractivity contribution in [3.8, 4) is 0 Å². The average Bonchev–Trinajstić information content (AvgIpc) is 2.65. The van der Waals surface area contributed by atoms with Gasteiger partial charge in [-0.15, -0.1) is 0 Å². The first-order valence-electron chi connectivity index (χ1n) is 9.50. The quantitative estimate of drug-likeness (QED) is 0.0643. The molecule has 0 bridgehead atoms. The van der Waals surface area contributed by atoms with E-state index in [1.165, 1.54) is 13.8 Å². The maximum Gasteiger partial charge on any atom is 0.243 e. The van der Waals surface area contributed by atoms with Gasteiger partial charge in [0.25, 0.3) is 0 Å². The minimum absolute atomic E-state index is 0.0509. The fourth-order valence-corrected chi connectivity index (χ4v) is 2.40. The Morgan fingerprint density at radius 1 is 0.867 bits per heavy atom. The van der Waals surface area contributed by atoms with Crippen LogP contribution in [0.15, 0.2) is 9.98 Å². The van der Waals surface area contributed by atoms with Crippen molar-refractivity contribution in [3.05, 3.63) is 0 Å². The van der Waals surface area contributed by atoms with Crippen LogP contribution in [0.5, 0.6) is 0 Å². The van der Waals surface area contributed by atoms with E-state index < -0.39 is 35.8 Å². The molecule has 0 aliphatic carbocycles. The fourth-order valence-electron chi connectivity index (χ4n) is 2.40. The second kappa shape index (κ2) is 14.6. The lowest BCUT2D eigenvalue weighted by Gasteiger charge is -2.21. The number of nitrogens with zero attached hydrogens (tertiary/aromatic N) is 2. The Bertz CT molecular complexity index is 643. The van der Waals surface area contributed by atoms with Crippen molar-refractivity contribution in [2.45, 2.75) is 57.7 Å². The van der Waals surface area contributed by atoms with Crippen LogP contribution < -0.4 is 38.9 Å². The molecule has 0 spiro atoms. The first-order chi connectivity index (χ1) is 14.1. The summed E-state index contributed by atoms with van der Waals surface area (Å²) in [6.45, 7) is 3.37. The molecule has 1 unspecified atom stereocenters. The van der Waals surface area contributed by atoms with Crippen LogP contribution in [0.1, 0.15) is 39.5 Å². The van der Waals surface area contributed by atoms with Gasteiger partial charge >= 0.3 is 0 Å². The van der Waals surface area contributed by atoms with Crippen LogP contribution in [0.2, 0.25) is 0 Å². The molecule has 13 heteroatoms. The maximum absolute atomic E-state index is 12.5. The molecule has 0 rings (SSSR count). The second-order valence-electron chi connectivity index (χ2n) is 6.63. The van der Waals surface area contributed by atoms with E-state index in [0.717, 1.165) is 0 Å². The van der Waals surface area contributed by atoms with Crippen LogP contribution in [-0.4, -0.2) is 67.1 Å². The van der Waals surface area contributed by atoms with Gasteiger partial charge in [0.1, 0.15) is 18.4 Å². The third kappa shape index (κ3) is 12.9. The van der Waals surface area contributed by atoms with Crippen molar-refractivity contribution in [2.24, 2.45) is 32.9 Å². The molecule has 3 amide bonds. The SMILES string of the molecule is CC(=O)N[C@H](CCCN=C(N)N)C(=O)NC(C)C(=O)N[C@H](C=O)CCCN=C(N)N.